The summed E-state index contributed by atoms with van der Waals surface area (Å²) in [6.07, 6.45) is 3.44. The normalized spacial score (nSPS) is 10.6. The van der Waals surface area contributed by atoms with E-state index in [1.807, 2.05) is 24.3 Å². The van der Waals surface area contributed by atoms with Gasteiger partial charge in [0.05, 0.1) is 0 Å². The van der Waals surface area contributed by atoms with Crippen LogP contribution in [0.3, 0.4) is 0 Å². The van der Waals surface area contributed by atoms with Crippen LogP contribution in [-0.2, 0) is 5.75 Å². The molecule has 1 aromatic carbocycles. The molecular formula is C17H13N3O4S. The maximum atomic E-state index is 11.7. The molecule has 8 heteroatoms. The highest BCUT2D eigenvalue weighted by molar-refractivity contribution is 7.98. The monoisotopic (exact) mass is 355 g/mol. The molecule has 0 saturated carbocycles. The van der Waals surface area contributed by atoms with Crippen LogP contribution in [0.1, 0.15) is 16.1 Å². The second-order valence-corrected chi connectivity index (χ2v) is 6.14. The van der Waals surface area contributed by atoms with Crippen LogP contribution in [0.25, 0.3) is 11.4 Å². The van der Waals surface area contributed by atoms with Gasteiger partial charge in [-0.15, -0.1) is 11.8 Å². The van der Waals surface area contributed by atoms with E-state index in [1.54, 1.807) is 36.3 Å². The molecule has 0 aliphatic heterocycles. The van der Waals surface area contributed by atoms with E-state index in [0.717, 1.165) is 10.5 Å². The van der Waals surface area contributed by atoms with E-state index in [2.05, 4.69) is 15.0 Å². The maximum Gasteiger partial charge on any atom is 0.358 e. The summed E-state index contributed by atoms with van der Waals surface area (Å²) < 4.78 is 0. The number of aromatic carboxylic acids is 1. The molecule has 3 aromatic rings. The third kappa shape index (κ3) is 3.86. The van der Waals surface area contributed by atoms with Gasteiger partial charge in [-0.2, -0.15) is 0 Å². The van der Waals surface area contributed by atoms with Crippen molar-refractivity contribution >= 4 is 17.7 Å². The highest BCUT2D eigenvalue weighted by atomic mass is 32.2. The Kier molecular flexibility index (Phi) is 4.80. The number of pyridine rings is 1. The molecule has 0 unspecified atom stereocenters. The van der Waals surface area contributed by atoms with Crippen molar-refractivity contribution in [2.24, 2.45) is 0 Å². The zero-order chi connectivity index (χ0) is 17.8. The van der Waals surface area contributed by atoms with E-state index in [-0.39, 0.29) is 5.82 Å². The first-order chi connectivity index (χ1) is 12.0. The molecule has 0 aliphatic carbocycles. The first kappa shape index (κ1) is 16.7. The lowest BCUT2D eigenvalue weighted by Crippen LogP contribution is -2.15. The lowest BCUT2D eigenvalue weighted by atomic mass is 10.1. The number of carboxylic acids is 1. The van der Waals surface area contributed by atoms with Gasteiger partial charge in [-0.25, -0.2) is 9.78 Å². The Balaban J connectivity index is 1.89. The number of rotatable bonds is 5. The van der Waals surface area contributed by atoms with E-state index < -0.39 is 23.0 Å². The van der Waals surface area contributed by atoms with Gasteiger partial charge in [0.15, 0.2) is 5.69 Å². The molecule has 2 heterocycles. The molecule has 0 atom stereocenters. The van der Waals surface area contributed by atoms with Crippen molar-refractivity contribution in [1.29, 1.82) is 0 Å². The molecule has 0 bridgehead atoms. The minimum atomic E-state index is -1.46. The number of benzene rings is 1. The maximum absolute atomic E-state index is 11.7. The lowest BCUT2D eigenvalue weighted by Gasteiger charge is -2.07. The van der Waals surface area contributed by atoms with E-state index in [9.17, 15) is 14.7 Å². The zero-order valence-corrected chi connectivity index (χ0v) is 13.7. The van der Waals surface area contributed by atoms with Gasteiger partial charge >= 0.3 is 5.97 Å². The van der Waals surface area contributed by atoms with Gasteiger partial charge in [-0.1, -0.05) is 18.2 Å². The summed E-state index contributed by atoms with van der Waals surface area (Å²) in [6, 6.07) is 11.1. The number of aromatic hydroxyl groups is 1. The number of nitrogens with zero attached hydrogens (tertiary/aromatic N) is 2. The van der Waals surface area contributed by atoms with Gasteiger partial charge in [0.25, 0.3) is 5.56 Å². The van der Waals surface area contributed by atoms with E-state index in [1.165, 1.54) is 0 Å². The number of carbonyl (C=O) groups is 1. The van der Waals surface area contributed by atoms with Crippen LogP contribution in [0, 0.1) is 0 Å². The molecule has 0 saturated heterocycles. The van der Waals surface area contributed by atoms with Crippen molar-refractivity contribution in [3.05, 3.63) is 70.4 Å². The van der Waals surface area contributed by atoms with Crippen LogP contribution in [0.5, 0.6) is 5.75 Å². The Morgan fingerprint density at radius 1 is 1.20 bits per heavy atom. The van der Waals surface area contributed by atoms with Gasteiger partial charge in [0, 0.05) is 28.6 Å². The number of H-pyrrole nitrogens is 1. The number of hydrogen-bond acceptors (Lipinski definition) is 6. The molecule has 3 N–H and O–H groups in total. The summed E-state index contributed by atoms with van der Waals surface area (Å²) in [7, 11) is 0. The third-order valence-electron chi connectivity index (χ3n) is 3.35. The second kappa shape index (κ2) is 7.18. The van der Waals surface area contributed by atoms with Crippen LogP contribution >= 0.6 is 11.8 Å². The number of carboxylic acid groups (broad SMARTS) is 1. The Hall–Kier alpha value is -3.13. The van der Waals surface area contributed by atoms with Crippen molar-refractivity contribution in [1.82, 2.24) is 15.0 Å². The van der Waals surface area contributed by atoms with Gasteiger partial charge in [-0.3, -0.25) is 9.78 Å². The number of aromatic nitrogens is 3. The standard InChI is InChI=1S/C17H13N3O4S/c21-14-13(17(23)24)19-15(20-16(14)22)11-3-1-2-10(8-11)9-25-12-4-6-18-7-5-12/h1-8,21H,9H2,(H,23,24)(H,19,20,22). The average Bonchev–Trinajstić information content (AvgIpc) is 2.63. The average molecular weight is 355 g/mol. The van der Waals surface area contributed by atoms with Crippen LogP contribution in [0.2, 0.25) is 0 Å². The highest BCUT2D eigenvalue weighted by Crippen LogP contribution is 2.24. The fourth-order valence-corrected chi connectivity index (χ4v) is 2.99. The number of thioether (sulfide) groups is 1. The third-order valence-corrected chi connectivity index (χ3v) is 4.44. The van der Waals surface area contributed by atoms with Crippen molar-refractivity contribution in [2.45, 2.75) is 10.6 Å². The van der Waals surface area contributed by atoms with E-state index in [4.69, 9.17) is 5.11 Å². The summed E-state index contributed by atoms with van der Waals surface area (Å²) in [6.45, 7) is 0. The molecule has 0 fully saturated rings. The molecule has 0 radical (unpaired) electrons. The van der Waals surface area contributed by atoms with Crippen molar-refractivity contribution in [2.75, 3.05) is 0 Å². The molecule has 2 aromatic heterocycles. The van der Waals surface area contributed by atoms with Gasteiger partial charge < -0.3 is 15.2 Å². The Morgan fingerprint density at radius 2 is 1.96 bits per heavy atom. The molecule has 0 aliphatic rings. The summed E-state index contributed by atoms with van der Waals surface area (Å²) in [5.41, 5.74) is -0.0198. The lowest BCUT2D eigenvalue weighted by molar-refractivity contribution is 0.0686. The zero-order valence-electron chi connectivity index (χ0n) is 12.8. The first-order valence-corrected chi connectivity index (χ1v) is 8.22. The Morgan fingerprint density at radius 3 is 2.68 bits per heavy atom. The topological polar surface area (TPSA) is 116 Å². The van der Waals surface area contributed by atoms with Crippen molar-refractivity contribution in [3.8, 4) is 17.1 Å². The van der Waals surface area contributed by atoms with Crippen molar-refractivity contribution < 1.29 is 15.0 Å². The number of aromatic amines is 1. The summed E-state index contributed by atoms with van der Waals surface area (Å²) in [5, 5.41) is 18.6. The van der Waals surface area contributed by atoms with Crippen LogP contribution < -0.4 is 5.56 Å². The number of nitrogens with one attached hydrogen (secondary N) is 1. The van der Waals surface area contributed by atoms with E-state index in [0.29, 0.717) is 11.3 Å². The van der Waals surface area contributed by atoms with E-state index >= 15 is 0 Å². The smallest absolute Gasteiger partial charge is 0.358 e. The molecule has 7 nitrogen and oxygen atoms in total. The number of hydrogen-bond donors (Lipinski definition) is 3. The predicted octanol–water partition coefficient (Wildman–Crippen LogP) is 2.53. The molecule has 126 valence electrons. The minimum absolute atomic E-state index is 0.0935. The SMILES string of the molecule is O=C(O)c1nc(-c2cccc(CSc3ccncc3)c2)[nH]c(=O)c1O. The fraction of sp³-hybridized carbons (Fsp3) is 0.0588. The molecule has 3 rings (SSSR count). The minimum Gasteiger partial charge on any atom is -0.501 e. The second-order valence-electron chi connectivity index (χ2n) is 5.09. The largest absolute Gasteiger partial charge is 0.501 e. The Labute approximate surface area is 146 Å². The van der Waals surface area contributed by atoms with Gasteiger partial charge in [0.1, 0.15) is 5.82 Å². The fourth-order valence-electron chi connectivity index (χ4n) is 2.16. The first-order valence-electron chi connectivity index (χ1n) is 7.23. The summed E-state index contributed by atoms with van der Waals surface area (Å²) >= 11 is 1.62. The summed E-state index contributed by atoms with van der Waals surface area (Å²) in [5.74, 6) is -1.59. The molecule has 0 amide bonds. The molecular weight excluding hydrogens is 342 g/mol. The van der Waals surface area contributed by atoms with Gasteiger partial charge in [-0.05, 0) is 23.8 Å². The van der Waals surface area contributed by atoms with Crippen LogP contribution in [0.4, 0.5) is 0 Å². The molecule has 0 spiro atoms. The summed E-state index contributed by atoms with van der Waals surface area (Å²) in [4.78, 5) is 34.1. The predicted molar refractivity (Wildman–Crippen MR) is 92.7 cm³/mol. The van der Waals surface area contributed by atoms with Crippen LogP contribution in [-0.4, -0.2) is 31.1 Å². The van der Waals surface area contributed by atoms with Crippen LogP contribution in [0.15, 0.2) is 58.5 Å². The molecule has 25 heavy (non-hydrogen) atoms. The Bertz CT molecular complexity index is 973. The van der Waals surface area contributed by atoms with Gasteiger partial charge in [0.2, 0.25) is 5.75 Å². The van der Waals surface area contributed by atoms with Crippen molar-refractivity contribution in [3.63, 3.8) is 0 Å². The quantitative estimate of drug-likeness (QED) is 0.602. The highest BCUT2D eigenvalue weighted by Gasteiger charge is 2.17.